The number of para-hydroxylation sites is 1. The third kappa shape index (κ3) is 5.74. The van der Waals surface area contributed by atoms with Gasteiger partial charge in [0, 0.05) is 6.42 Å². The SMILES string of the molecule is COc1ccc(S(=O)(=O)CCCC(=O)N(Cc2ccco2)c2nc3c(C(C)C)cccc3s2)cc1. The molecule has 184 valence electrons. The van der Waals surface area contributed by atoms with Crippen LogP contribution in [0, 0.1) is 0 Å². The fraction of sp³-hybridized carbons (Fsp3) is 0.308. The monoisotopic (exact) mass is 512 g/mol. The Kier molecular flexibility index (Phi) is 7.57. The van der Waals surface area contributed by atoms with Crippen molar-refractivity contribution in [2.45, 2.75) is 44.0 Å². The van der Waals surface area contributed by atoms with Gasteiger partial charge in [-0.3, -0.25) is 9.69 Å². The molecule has 0 aliphatic carbocycles. The number of thiazole rings is 1. The van der Waals surface area contributed by atoms with Gasteiger partial charge >= 0.3 is 0 Å². The van der Waals surface area contributed by atoms with Crippen LogP contribution in [0.15, 0.2) is 70.2 Å². The second-order valence-electron chi connectivity index (χ2n) is 8.50. The van der Waals surface area contributed by atoms with Crippen LogP contribution in [0.5, 0.6) is 5.75 Å². The number of anilines is 1. The van der Waals surface area contributed by atoms with E-state index in [0.717, 1.165) is 15.8 Å². The van der Waals surface area contributed by atoms with Gasteiger partial charge in [0.1, 0.15) is 11.5 Å². The predicted octanol–water partition coefficient (Wildman–Crippen LogP) is 5.81. The van der Waals surface area contributed by atoms with E-state index in [9.17, 15) is 13.2 Å². The maximum Gasteiger partial charge on any atom is 0.229 e. The van der Waals surface area contributed by atoms with Crippen molar-refractivity contribution >= 4 is 42.4 Å². The fourth-order valence-corrected chi connectivity index (χ4v) is 6.14. The Morgan fingerprint density at radius 3 is 2.54 bits per heavy atom. The van der Waals surface area contributed by atoms with E-state index in [4.69, 9.17) is 14.1 Å². The van der Waals surface area contributed by atoms with Gasteiger partial charge in [0.15, 0.2) is 15.0 Å². The molecule has 0 spiro atoms. The fourth-order valence-electron chi connectivity index (χ4n) is 3.81. The first-order valence-corrected chi connectivity index (χ1v) is 13.8. The molecule has 0 fully saturated rings. The summed E-state index contributed by atoms with van der Waals surface area (Å²) in [6.07, 6.45) is 1.84. The Bertz CT molecular complexity index is 1390. The van der Waals surface area contributed by atoms with Crippen LogP contribution < -0.4 is 9.64 Å². The standard InChI is InChI=1S/C26H28N2O5S2/c1-18(2)22-8-4-9-23-25(22)27-26(34-23)28(17-20-7-5-15-33-20)24(29)10-6-16-35(30,31)21-13-11-19(32-3)12-14-21/h4-5,7-9,11-15,18H,6,10,16-17H2,1-3H3. The van der Waals surface area contributed by atoms with Crippen molar-refractivity contribution in [3.8, 4) is 5.75 Å². The molecule has 0 aliphatic rings. The summed E-state index contributed by atoms with van der Waals surface area (Å²) in [5.41, 5.74) is 2.02. The number of benzene rings is 2. The van der Waals surface area contributed by atoms with Gasteiger partial charge in [0.25, 0.3) is 0 Å². The van der Waals surface area contributed by atoms with Gasteiger partial charge in [0.05, 0.1) is 40.8 Å². The lowest BCUT2D eigenvalue weighted by Gasteiger charge is -2.18. The number of amides is 1. The second-order valence-corrected chi connectivity index (χ2v) is 11.6. The summed E-state index contributed by atoms with van der Waals surface area (Å²) in [4.78, 5) is 19.9. The van der Waals surface area contributed by atoms with Gasteiger partial charge in [-0.25, -0.2) is 13.4 Å². The zero-order valence-corrected chi connectivity index (χ0v) is 21.6. The number of carbonyl (C=O) groups is 1. The number of ether oxygens (including phenoxy) is 1. The molecule has 9 heteroatoms. The summed E-state index contributed by atoms with van der Waals surface area (Å²) in [5.74, 6) is 1.19. The first-order chi connectivity index (χ1) is 16.8. The van der Waals surface area contributed by atoms with Crippen molar-refractivity contribution in [3.05, 3.63) is 72.2 Å². The number of furan rings is 1. The molecule has 0 saturated carbocycles. The summed E-state index contributed by atoms with van der Waals surface area (Å²) >= 11 is 1.45. The van der Waals surface area contributed by atoms with Gasteiger partial charge in [-0.15, -0.1) is 0 Å². The molecule has 2 aromatic heterocycles. The predicted molar refractivity (Wildman–Crippen MR) is 138 cm³/mol. The lowest BCUT2D eigenvalue weighted by atomic mass is 10.0. The maximum absolute atomic E-state index is 13.3. The Hall–Kier alpha value is -3.17. The first-order valence-electron chi connectivity index (χ1n) is 11.4. The maximum atomic E-state index is 13.3. The molecule has 0 aliphatic heterocycles. The Morgan fingerprint density at radius 1 is 1.11 bits per heavy atom. The molecule has 4 rings (SSSR count). The number of rotatable bonds is 10. The molecule has 2 heterocycles. The highest BCUT2D eigenvalue weighted by atomic mass is 32.2. The lowest BCUT2D eigenvalue weighted by molar-refractivity contribution is -0.118. The molecule has 0 bridgehead atoms. The van der Waals surface area contributed by atoms with Gasteiger partial charge in [-0.2, -0.15) is 0 Å². The summed E-state index contributed by atoms with van der Waals surface area (Å²) < 4.78 is 37.1. The van der Waals surface area contributed by atoms with Gasteiger partial charge in [-0.1, -0.05) is 37.3 Å². The van der Waals surface area contributed by atoms with Crippen molar-refractivity contribution in [1.29, 1.82) is 0 Å². The van der Waals surface area contributed by atoms with Crippen molar-refractivity contribution in [1.82, 2.24) is 4.98 Å². The minimum atomic E-state index is -3.51. The molecule has 0 radical (unpaired) electrons. The van der Waals surface area contributed by atoms with Gasteiger partial charge in [-0.05, 0) is 60.4 Å². The highest BCUT2D eigenvalue weighted by Crippen LogP contribution is 2.34. The van der Waals surface area contributed by atoms with Crippen LogP contribution in [-0.4, -0.2) is 32.2 Å². The van der Waals surface area contributed by atoms with Crippen molar-refractivity contribution in [2.24, 2.45) is 0 Å². The normalized spacial score (nSPS) is 11.8. The van der Waals surface area contributed by atoms with Gasteiger partial charge < -0.3 is 9.15 Å². The summed E-state index contributed by atoms with van der Waals surface area (Å²) in [6, 6.07) is 15.9. The second kappa shape index (κ2) is 10.6. The van der Waals surface area contributed by atoms with E-state index >= 15 is 0 Å². The van der Waals surface area contributed by atoms with Crippen LogP contribution in [0.25, 0.3) is 10.2 Å². The van der Waals surface area contributed by atoms with E-state index in [1.807, 2.05) is 12.1 Å². The molecule has 0 N–H and O–H groups in total. The zero-order chi connectivity index (χ0) is 25.0. The minimum absolute atomic E-state index is 0.0725. The van der Waals surface area contributed by atoms with E-state index in [1.54, 1.807) is 35.4 Å². The Morgan fingerprint density at radius 2 is 1.89 bits per heavy atom. The van der Waals surface area contributed by atoms with Crippen LogP contribution in [0.3, 0.4) is 0 Å². The number of carbonyl (C=O) groups excluding carboxylic acids is 1. The lowest BCUT2D eigenvalue weighted by Crippen LogP contribution is -2.30. The third-order valence-corrected chi connectivity index (χ3v) is 8.57. The number of methoxy groups -OCH3 is 1. The van der Waals surface area contributed by atoms with Crippen LogP contribution in [0.2, 0.25) is 0 Å². The quantitative estimate of drug-likeness (QED) is 0.266. The number of aromatic nitrogens is 1. The van der Waals surface area contributed by atoms with Crippen LogP contribution in [-0.2, 0) is 21.2 Å². The molecule has 2 aromatic carbocycles. The Labute approximate surface area is 209 Å². The van der Waals surface area contributed by atoms with E-state index in [2.05, 4.69) is 19.9 Å². The number of hydrogen-bond acceptors (Lipinski definition) is 7. The minimum Gasteiger partial charge on any atom is -0.497 e. The van der Waals surface area contributed by atoms with Crippen molar-refractivity contribution < 1.29 is 22.4 Å². The summed E-state index contributed by atoms with van der Waals surface area (Å²) in [7, 11) is -1.99. The van der Waals surface area contributed by atoms with Gasteiger partial charge in [0.2, 0.25) is 5.91 Å². The zero-order valence-electron chi connectivity index (χ0n) is 19.9. The highest BCUT2D eigenvalue weighted by molar-refractivity contribution is 7.91. The first kappa shape index (κ1) is 24.9. The molecule has 35 heavy (non-hydrogen) atoms. The molecular formula is C26H28N2O5S2. The molecule has 0 unspecified atom stereocenters. The molecule has 4 aromatic rings. The van der Waals surface area contributed by atoms with Crippen LogP contribution in [0.4, 0.5) is 5.13 Å². The van der Waals surface area contributed by atoms with E-state index in [-0.39, 0.29) is 35.9 Å². The highest BCUT2D eigenvalue weighted by Gasteiger charge is 2.23. The number of hydrogen-bond donors (Lipinski definition) is 0. The van der Waals surface area contributed by atoms with Crippen molar-refractivity contribution in [2.75, 3.05) is 17.8 Å². The number of nitrogens with zero attached hydrogens (tertiary/aromatic N) is 2. The topological polar surface area (TPSA) is 89.7 Å². The van der Waals surface area contributed by atoms with Crippen molar-refractivity contribution in [3.63, 3.8) is 0 Å². The average molecular weight is 513 g/mol. The molecular weight excluding hydrogens is 484 g/mol. The average Bonchev–Trinajstić information content (AvgIpc) is 3.51. The van der Waals surface area contributed by atoms with E-state index in [0.29, 0.717) is 22.6 Å². The van der Waals surface area contributed by atoms with Crippen LogP contribution >= 0.6 is 11.3 Å². The summed E-state index contributed by atoms with van der Waals surface area (Å²) in [5, 5.41) is 0.576. The summed E-state index contributed by atoms with van der Waals surface area (Å²) in [6.45, 7) is 4.46. The largest absolute Gasteiger partial charge is 0.497 e. The molecule has 0 atom stereocenters. The molecule has 0 saturated heterocycles. The smallest absolute Gasteiger partial charge is 0.229 e. The van der Waals surface area contributed by atoms with E-state index < -0.39 is 9.84 Å². The molecule has 7 nitrogen and oxygen atoms in total. The third-order valence-electron chi connectivity index (χ3n) is 5.71. The molecule has 1 amide bonds. The van der Waals surface area contributed by atoms with E-state index in [1.165, 1.54) is 30.6 Å². The number of sulfone groups is 1. The van der Waals surface area contributed by atoms with Crippen LogP contribution in [0.1, 0.15) is 43.9 Å². The Balaban J connectivity index is 1.52. The number of fused-ring (bicyclic) bond motifs is 1.